The monoisotopic (exact) mass is 334 g/mol. The number of benzene rings is 2. The molecule has 106 valence electrons. The molecular weight excluding hydrogens is 315 g/mol. The minimum absolute atomic E-state index is 0.110. The first kappa shape index (κ1) is 15.2. The molecule has 0 aliphatic heterocycles. The zero-order valence-corrected chi connectivity index (χ0v) is 14.2. The maximum Gasteiger partial charge on any atom is 0.127 e. The van der Waals surface area contributed by atoms with Crippen molar-refractivity contribution in [2.45, 2.75) is 39.4 Å². The van der Waals surface area contributed by atoms with Crippen LogP contribution >= 0.6 is 15.9 Å². The smallest absolute Gasteiger partial charge is 0.127 e. The summed E-state index contributed by atoms with van der Waals surface area (Å²) < 4.78 is 14.0. The molecule has 0 aliphatic carbocycles. The number of hydrogen-bond acceptors (Lipinski definition) is 0. The molecule has 0 saturated heterocycles. The second kappa shape index (κ2) is 5.69. The first-order chi connectivity index (χ1) is 9.36. The molecule has 0 fully saturated rings. The van der Waals surface area contributed by atoms with Gasteiger partial charge in [-0.2, -0.15) is 0 Å². The highest BCUT2D eigenvalue weighted by molar-refractivity contribution is 9.09. The van der Waals surface area contributed by atoms with E-state index in [-0.39, 0.29) is 10.6 Å². The van der Waals surface area contributed by atoms with Crippen LogP contribution in [0.25, 0.3) is 0 Å². The Kier molecular flexibility index (Phi) is 4.33. The van der Waals surface area contributed by atoms with Gasteiger partial charge in [0.1, 0.15) is 5.82 Å². The van der Waals surface area contributed by atoms with Gasteiger partial charge < -0.3 is 0 Å². The van der Waals surface area contributed by atoms with Crippen LogP contribution in [0.5, 0.6) is 0 Å². The number of rotatable bonds is 2. The van der Waals surface area contributed by atoms with Crippen molar-refractivity contribution in [3.63, 3.8) is 0 Å². The summed E-state index contributed by atoms with van der Waals surface area (Å²) in [5.41, 5.74) is 8.30. The van der Waals surface area contributed by atoms with Crippen LogP contribution in [0.15, 0.2) is 24.3 Å². The third kappa shape index (κ3) is 2.42. The molecule has 0 saturated carbocycles. The van der Waals surface area contributed by atoms with E-state index in [0.29, 0.717) is 5.56 Å². The summed E-state index contributed by atoms with van der Waals surface area (Å²) in [6.07, 6.45) is 0. The molecule has 1 atom stereocenters. The molecule has 0 amide bonds. The molecule has 0 bridgehead atoms. The molecule has 0 aromatic heterocycles. The van der Waals surface area contributed by atoms with Gasteiger partial charge in [0.15, 0.2) is 0 Å². The van der Waals surface area contributed by atoms with Crippen LogP contribution in [-0.4, -0.2) is 0 Å². The molecule has 0 aliphatic rings. The van der Waals surface area contributed by atoms with Crippen molar-refractivity contribution in [1.29, 1.82) is 0 Å². The van der Waals surface area contributed by atoms with Gasteiger partial charge in [0.25, 0.3) is 0 Å². The summed E-state index contributed by atoms with van der Waals surface area (Å²) in [5, 5.41) is 0. The van der Waals surface area contributed by atoms with Crippen molar-refractivity contribution in [2.75, 3.05) is 0 Å². The van der Waals surface area contributed by atoms with E-state index >= 15 is 0 Å². The van der Waals surface area contributed by atoms with Crippen molar-refractivity contribution in [3.05, 3.63) is 69.0 Å². The Morgan fingerprint density at radius 2 is 1.25 bits per heavy atom. The lowest BCUT2D eigenvalue weighted by molar-refractivity contribution is 0.613. The van der Waals surface area contributed by atoms with Crippen LogP contribution in [-0.2, 0) is 0 Å². The molecule has 2 aromatic carbocycles. The highest BCUT2D eigenvalue weighted by atomic mass is 79.9. The average molecular weight is 335 g/mol. The SMILES string of the molecule is Cc1c(C)c(C)c(C(Br)c2ccccc2F)c(C)c1C. The van der Waals surface area contributed by atoms with Gasteiger partial charge >= 0.3 is 0 Å². The molecule has 2 aromatic rings. The molecule has 0 N–H and O–H groups in total. The fraction of sp³-hybridized carbons (Fsp3) is 0.333. The van der Waals surface area contributed by atoms with Gasteiger partial charge in [0, 0.05) is 5.56 Å². The summed E-state index contributed by atoms with van der Waals surface area (Å²) in [5.74, 6) is -0.163. The quantitative estimate of drug-likeness (QED) is 0.604. The van der Waals surface area contributed by atoms with Crippen LogP contribution in [0, 0.1) is 40.4 Å². The van der Waals surface area contributed by atoms with Gasteiger partial charge in [0.2, 0.25) is 0 Å². The Bertz CT molecular complexity index is 630. The second-order valence-electron chi connectivity index (χ2n) is 5.42. The fourth-order valence-electron chi connectivity index (χ4n) is 2.75. The van der Waals surface area contributed by atoms with Crippen molar-refractivity contribution in [1.82, 2.24) is 0 Å². The van der Waals surface area contributed by atoms with E-state index in [9.17, 15) is 4.39 Å². The lowest BCUT2D eigenvalue weighted by Gasteiger charge is -2.22. The minimum Gasteiger partial charge on any atom is -0.207 e. The number of halogens is 2. The van der Waals surface area contributed by atoms with Crippen LogP contribution in [0.4, 0.5) is 4.39 Å². The Morgan fingerprint density at radius 1 is 0.800 bits per heavy atom. The van der Waals surface area contributed by atoms with Crippen LogP contribution < -0.4 is 0 Å². The molecule has 2 rings (SSSR count). The zero-order valence-electron chi connectivity index (χ0n) is 12.6. The van der Waals surface area contributed by atoms with Crippen LogP contribution in [0.3, 0.4) is 0 Å². The lowest BCUT2D eigenvalue weighted by atomic mass is 9.86. The van der Waals surface area contributed by atoms with Gasteiger partial charge in [0.05, 0.1) is 4.83 Å². The Morgan fingerprint density at radius 3 is 1.75 bits per heavy atom. The lowest BCUT2D eigenvalue weighted by Crippen LogP contribution is -2.06. The van der Waals surface area contributed by atoms with Crippen molar-refractivity contribution < 1.29 is 4.39 Å². The second-order valence-corrected chi connectivity index (χ2v) is 6.34. The third-order valence-corrected chi connectivity index (χ3v) is 5.44. The zero-order chi connectivity index (χ0) is 15.0. The highest BCUT2D eigenvalue weighted by Gasteiger charge is 2.21. The van der Waals surface area contributed by atoms with Gasteiger partial charge in [-0.1, -0.05) is 34.1 Å². The molecule has 0 nitrogen and oxygen atoms in total. The van der Waals surface area contributed by atoms with E-state index in [1.54, 1.807) is 6.07 Å². The highest BCUT2D eigenvalue weighted by Crippen LogP contribution is 2.39. The topological polar surface area (TPSA) is 0 Å². The molecule has 1 unspecified atom stereocenters. The maximum absolute atomic E-state index is 14.0. The minimum atomic E-state index is -0.163. The number of hydrogen-bond donors (Lipinski definition) is 0. The molecule has 2 heteroatoms. The normalized spacial score (nSPS) is 12.6. The predicted molar refractivity (Wildman–Crippen MR) is 87.3 cm³/mol. The molecule has 0 spiro atoms. The Balaban J connectivity index is 2.68. The van der Waals surface area contributed by atoms with Gasteiger partial charge in [-0.25, -0.2) is 4.39 Å². The Labute approximate surface area is 129 Å². The van der Waals surface area contributed by atoms with E-state index in [0.717, 1.165) is 0 Å². The molecule has 0 heterocycles. The van der Waals surface area contributed by atoms with Crippen molar-refractivity contribution in [2.24, 2.45) is 0 Å². The van der Waals surface area contributed by atoms with E-state index in [4.69, 9.17) is 0 Å². The van der Waals surface area contributed by atoms with Crippen molar-refractivity contribution >= 4 is 15.9 Å². The van der Waals surface area contributed by atoms with E-state index in [2.05, 4.69) is 50.5 Å². The van der Waals surface area contributed by atoms with Crippen LogP contribution in [0.2, 0.25) is 0 Å². The third-order valence-electron chi connectivity index (χ3n) is 4.49. The fourth-order valence-corrected chi connectivity index (χ4v) is 3.80. The Hall–Kier alpha value is -1.15. The van der Waals surface area contributed by atoms with Gasteiger partial charge in [-0.05, 0) is 74.1 Å². The maximum atomic E-state index is 14.0. The van der Waals surface area contributed by atoms with E-state index in [1.165, 1.54) is 39.4 Å². The summed E-state index contributed by atoms with van der Waals surface area (Å²) >= 11 is 3.70. The summed E-state index contributed by atoms with van der Waals surface area (Å²) in [6, 6.07) is 6.97. The first-order valence-electron chi connectivity index (χ1n) is 6.81. The number of alkyl halides is 1. The first-order valence-corrected chi connectivity index (χ1v) is 7.73. The van der Waals surface area contributed by atoms with Gasteiger partial charge in [-0.15, -0.1) is 0 Å². The average Bonchev–Trinajstić information content (AvgIpc) is 2.43. The standard InChI is InChI=1S/C18H20BrF/c1-10-11(2)13(4)17(14(5)12(10)3)18(19)15-8-6-7-9-16(15)20/h6-9,18H,1-5H3. The summed E-state index contributed by atoms with van der Waals surface area (Å²) in [6.45, 7) is 10.7. The summed E-state index contributed by atoms with van der Waals surface area (Å²) in [7, 11) is 0. The van der Waals surface area contributed by atoms with E-state index in [1.807, 2.05) is 12.1 Å². The van der Waals surface area contributed by atoms with Crippen molar-refractivity contribution in [3.8, 4) is 0 Å². The molecule has 0 radical (unpaired) electrons. The van der Waals surface area contributed by atoms with Gasteiger partial charge in [-0.3, -0.25) is 0 Å². The van der Waals surface area contributed by atoms with E-state index < -0.39 is 0 Å². The molecular formula is C18H20BrF. The largest absolute Gasteiger partial charge is 0.207 e. The summed E-state index contributed by atoms with van der Waals surface area (Å²) in [4.78, 5) is -0.110. The predicted octanol–water partition coefficient (Wildman–Crippen LogP) is 5.85. The molecule has 20 heavy (non-hydrogen) atoms. The van der Waals surface area contributed by atoms with Crippen LogP contribution in [0.1, 0.15) is 43.8 Å².